The molecule has 0 aliphatic carbocycles. The van der Waals surface area contributed by atoms with Crippen LogP contribution in [0.5, 0.6) is 0 Å². The number of benzene rings is 1. The minimum absolute atomic E-state index is 0.0663. The van der Waals surface area contributed by atoms with Crippen LogP contribution in [0.3, 0.4) is 0 Å². The average Bonchev–Trinajstić information content (AvgIpc) is 2.90. The van der Waals surface area contributed by atoms with Crippen molar-refractivity contribution in [3.05, 3.63) is 58.3 Å². The number of rotatable bonds is 5. The Morgan fingerprint density at radius 2 is 2.06 bits per heavy atom. The molecule has 0 saturated heterocycles. The van der Waals surface area contributed by atoms with Crippen molar-refractivity contribution in [3.63, 3.8) is 0 Å². The number of aliphatic hydroxyl groups is 1. The van der Waals surface area contributed by atoms with Gasteiger partial charge in [0.1, 0.15) is 0 Å². The van der Waals surface area contributed by atoms with Gasteiger partial charge in [-0.15, -0.1) is 0 Å². The van der Waals surface area contributed by atoms with Gasteiger partial charge in [-0.1, -0.05) is 30.3 Å². The largest absolute Gasteiger partial charge is 0.387 e. The minimum atomic E-state index is -0.655. The Hall–Kier alpha value is -1.65. The predicted molar refractivity (Wildman–Crippen MR) is 72.4 cm³/mol. The van der Waals surface area contributed by atoms with E-state index < -0.39 is 6.10 Å². The summed E-state index contributed by atoms with van der Waals surface area (Å²) in [5, 5.41) is 16.5. The molecule has 0 aliphatic heterocycles. The van der Waals surface area contributed by atoms with Crippen LogP contribution in [0.25, 0.3) is 0 Å². The first-order valence-electron chi connectivity index (χ1n) is 5.76. The zero-order chi connectivity index (χ0) is 12.8. The lowest BCUT2D eigenvalue weighted by atomic mass is 10.1. The fourth-order valence-corrected chi connectivity index (χ4v) is 2.31. The molecule has 0 bridgehead atoms. The van der Waals surface area contributed by atoms with Gasteiger partial charge in [-0.05, 0) is 28.0 Å². The van der Waals surface area contributed by atoms with E-state index in [-0.39, 0.29) is 12.5 Å². The molecule has 0 spiro atoms. The summed E-state index contributed by atoms with van der Waals surface area (Å²) in [6, 6.07) is 11.2. The van der Waals surface area contributed by atoms with Crippen LogP contribution in [0.2, 0.25) is 0 Å². The molecule has 2 aromatic rings. The van der Waals surface area contributed by atoms with Crippen molar-refractivity contribution in [2.45, 2.75) is 12.5 Å². The second-order valence-corrected chi connectivity index (χ2v) is 4.82. The molecule has 4 heteroatoms. The maximum atomic E-state index is 11.6. The van der Waals surface area contributed by atoms with E-state index >= 15 is 0 Å². The Kier molecular flexibility index (Phi) is 4.50. The van der Waals surface area contributed by atoms with Crippen molar-refractivity contribution in [3.8, 4) is 0 Å². The molecule has 3 nitrogen and oxygen atoms in total. The summed E-state index contributed by atoms with van der Waals surface area (Å²) in [5.74, 6) is -0.0663. The summed E-state index contributed by atoms with van der Waals surface area (Å²) < 4.78 is 0. The standard InChI is InChI=1S/C14H15NO2S/c16-13(12-4-2-1-3-5-12)9-15-14(17)8-11-6-7-18-10-11/h1-7,10,13,16H,8-9H2,(H,15,17). The number of carbonyl (C=O) groups is 1. The van der Waals surface area contributed by atoms with Crippen molar-refractivity contribution in [1.82, 2.24) is 5.32 Å². The first-order chi connectivity index (χ1) is 8.75. The summed E-state index contributed by atoms with van der Waals surface area (Å²) in [6.07, 6.45) is -0.289. The summed E-state index contributed by atoms with van der Waals surface area (Å²) in [7, 11) is 0. The lowest BCUT2D eigenvalue weighted by Crippen LogP contribution is -2.29. The van der Waals surface area contributed by atoms with Crippen LogP contribution in [0.1, 0.15) is 17.2 Å². The summed E-state index contributed by atoms with van der Waals surface area (Å²) in [5.41, 5.74) is 1.82. The zero-order valence-electron chi connectivity index (χ0n) is 9.87. The number of carbonyl (C=O) groups excluding carboxylic acids is 1. The lowest BCUT2D eigenvalue weighted by Gasteiger charge is -2.11. The molecule has 18 heavy (non-hydrogen) atoms. The molecule has 2 N–H and O–H groups in total. The second kappa shape index (κ2) is 6.33. The average molecular weight is 261 g/mol. The van der Waals surface area contributed by atoms with E-state index in [4.69, 9.17) is 0 Å². The Labute approximate surface area is 110 Å². The van der Waals surface area contributed by atoms with E-state index in [9.17, 15) is 9.90 Å². The number of aliphatic hydroxyl groups excluding tert-OH is 1. The first kappa shape index (κ1) is 12.8. The van der Waals surface area contributed by atoms with Gasteiger partial charge < -0.3 is 10.4 Å². The van der Waals surface area contributed by atoms with Crippen LogP contribution < -0.4 is 5.32 Å². The van der Waals surface area contributed by atoms with Gasteiger partial charge in [0.05, 0.1) is 12.5 Å². The van der Waals surface area contributed by atoms with Gasteiger partial charge in [0.2, 0.25) is 5.91 Å². The molecule has 94 valence electrons. The molecule has 0 fully saturated rings. The van der Waals surface area contributed by atoms with E-state index in [0.717, 1.165) is 11.1 Å². The van der Waals surface area contributed by atoms with E-state index in [2.05, 4.69) is 5.32 Å². The molecule has 0 aliphatic rings. The Bertz CT molecular complexity index is 482. The van der Waals surface area contributed by atoms with Gasteiger partial charge >= 0.3 is 0 Å². The van der Waals surface area contributed by atoms with Gasteiger partial charge in [0.15, 0.2) is 0 Å². The molecule has 1 aromatic heterocycles. The third-order valence-corrected chi connectivity index (χ3v) is 3.35. The van der Waals surface area contributed by atoms with Crippen molar-refractivity contribution in [2.24, 2.45) is 0 Å². The maximum absolute atomic E-state index is 11.6. The topological polar surface area (TPSA) is 49.3 Å². The third-order valence-electron chi connectivity index (χ3n) is 2.62. The quantitative estimate of drug-likeness (QED) is 0.866. The van der Waals surface area contributed by atoms with Gasteiger partial charge in [0, 0.05) is 6.54 Å². The third kappa shape index (κ3) is 3.68. The molecule has 1 unspecified atom stereocenters. The molecule has 1 amide bonds. The predicted octanol–water partition coefficient (Wildman–Crippen LogP) is 2.14. The minimum Gasteiger partial charge on any atom is -0.387 e. The molecule has 0 radical (unpaired) electrons. The fraction of sp³-hybridized carbons (Fsp3) is 0.214. The zero-order valence-corrected chi connectivity index (χ0v) is 10.7. The number of thiophene rings is 1. The number of hydrogen-bond donors (Lipinski definition) is 2. The molecular weight excluding hydrogens is 246 g/mol. The van der Waals surface area contributed by atoms with Crippen molar-refractivity contribution in [2.75, 3.05) is 6.54 Å². The normalized spacial score (nSPS) is 12.1. The van der Waals surface area contributed by atoms with Gasteiger partial charge in [-0.25, -0.2) is 0 Å². The lowest BCUT2D eigenvalue weighted by molar-refractivity contribution is -0.120. The highest BCUT2D eigenvalue weighted by Gasteiger charge is 2.09. The highest BCUT2D eigenvalue weighted by atomic mass is 32.1. The Balaban J connectivity index is 1.79. The summed E-state index contributed by atoms with van der Waals surface area (Å²) >= 11 is 1.57. The second-order valence-electron chi connectivity index (χ2n) is 4.04. The van der Waals surface area contributed by atoms with Crippen molar-refractivity contribution >= 4 is 17.2 Å². The van der Waals surface area contributed by atoms with E-state index in [1.807, 2.05) is 47.2 Å². The smallest absolute Gasteiger partial charge is 0.224 e. The number of hydrogen-bond acceptors (Lipinski definition) is 3. The van der Waals surface area contributed by atoms with E-state index in [0.29, 0.717) is 6.42 Å². The molecular formula is C14H15NO2S. The summed E-state index contributed by atoms with van der Waals surface area (Å²) in [6.45, 7) is 0.243. The molecule has 1 atom stereocenters. The molecule has 1 heterocycles. The highest BCUT2D eigenvalue weighted by molar-refractivity contribution is 7.07. The number of amides is 1. The molecule has 0 saturated carbocycles. The Morgan fingerprint density at radius 1 is 1.28 bits per heavy atom. The monoisotopic (exact) mass is 261 g/mol. The van der Waals surface area contributed by atoms with Gasteiger partial charge in [0.25, 0.3) is 0 Å². The fourth-order valence-electron chi connectivity index (χ4n) is 1.64. The highest BCUT2D eigenvalue weighted by Crippen LogP contribution is 2.11. The first-order valence-corrected chi connectivity index (χ1v) is 6.71. The summed E-state index contributed by atoms with van der Waals surface area (Å²) in [4.78, 5) is 11.6. The maximum Gasteiger partial charge on any atom is 0.224 e. The van der Waals surface area contributed by atoms with Crippen molar-refractivity contribution in [1.29, 1.82) is 0 Å². The van der Waals surface area contributed by atoms with Crippen LogP contribution in [-0.2, 0) is 11.2 Å². The van der Waals surface area contributed by atoms with E-state index in [1.54, 1.807) is 11.3 Å². The molecule has 2 rings (SSSR count). The van der Waals surface area contributed by atoms with Crippen LogP contribution in [0, 0.1) is 0 Å². The van der Waals surface area contributed by atoms with Gasteiger partial charge in [-0.3, -0.25) is 4.79 Å². The van der Waals surface area contributed by atoms with Gasteiger partial charge in [-0.2, -0.15) is 11.3 Å². The Morgan fingerprint density at radius 3 is 2.72 bits per heavy atom. The molecule has 1 aromatic carbocycles. The van der Waals surface area contributed by atoms with Crippen molar-refractivity contribution < 1.29 is 9.90 Å². The number of nitrogens with one attached hydrogen (secondary N) is 1. The SMILES string of the molecule is O=C(Cc1ccsc1)NCC(O)c1ccccc1. The van der Waals surface area contributed by atoms with Crippen LogP contribution in [-0.4, -0.2) is 17.6 Å². The van der Waals surface area contributed by atoms with E-state index in [1.165, 1.54) is 0 Å². The van der Waals surface area contributed by atoms with Crippen LogP contribution in [0.4, 0.5) is 0 Å². The van der Waals surface area contributed by atoms with Crippen LogP contribution in [0.15, 0.2) is 47.2 Å². The van der Waals surface area contributed by atoms with Crippen LogP contribution >= 0.6 is 11.3 Å².